The molecule has 168 valence electrons. The molecule has 9 heteroatoms. The van der Waals surface area contributed by atoms with Gasteiger partial charge in [-0.15, -0.1) is 0 Å². The first-order valence-electron chi connectivity index (χ1n) is 11.0. The maximum absolute atomic E-state index is 12.5. The number of imidazole rings is 1. The van der Waals surface area contributed by atoms with Gasteiger partial charge in [-0.05, 0) is 50.8 Å². The zero-order chi connectivity index (χ0) is 22.0. The van der Waals surface area contributed by atoms with Gasteiger partial charge in [-0.3, -0.25) is 14.5 Å². The Morgan fingerprint density at radius 1 is 1.26 bits per heavy atom. The predicted molar refractivity (Wildman–Crippen MR) is 118 cm³/mol. The number of rotatable bonds is 5. The van der Waals surface area contributed by atoms with E-state index in [-0.39, 0.29) is 29.1 Å². The fourth-order valence-corrected chi connectivity index (χ4v) is 4.99. The predicted octanol–water partition coefficient (Wildman–Crippen LogP) is 1.68. The van der Waals surface area contributed by atoms with Crippen molar-refractivity contribution < 1.29 is 14.3 Å². The van der Waals surface area contributed by atoms with Gasteiger partial charge in [0.15, 0.2) is 0 Å². The monoisotopic (exact) mass is 429 g/mol. The molecule has 0 radical (unpaired) electrons. The Bertz CT molecular complexity index is 1000. The summed E-state index contributed by atoms with van der Waals surface area (Å²) in [6.45, 7) is 6.96. The van der Waals surface area contributed by atoms with Crippen molar-refractivity contribution in [3.05, 3.63) is 28.7 Å². The van der Waals surface area contributed by atoms with Crippen LogP contribution in [0.5, 0.6) is 0 Å². The summed E-state index contributed by atoms with van der Waals surface area (Å²) in [5, 5.41) is 2.91. The van der Waals surface area contributed by atoms with Gasteiger partial charge >= 0.3 is 5.69 Å². The lowest BCUT2D eigenvalue weighted by atomic mass is 9.81. The minimum Gasteiger partial charge on any atom is -0.375 e. The van der Waals surface area contributed by atoms with Crippen LogP contribution in [0.25, 0.3) is 11.0 Å². The topological polar surface area (TPSA) is 111 Å². The average Bonchev–Trinajstić information content (AvgIpc) is 3.10. The molecule has 2 fully saturated rings. The maximum atomic E-state index is 12.5. The third-order valence-corrected chi connectivity index (χ3v) is 6.59. The molecule has 0 saturated carbocycles. The van der Waals surface area contributed by atoms with Gasteiger partial charge in [0.2, 0.25) is 11.8 Å². The SMILES string of the molecule is CCN(C(C)=O)C1CCOC2(CCN(CC(=O)Nc3ccc4[nH]c(=O)[nH]c4c3)CC2)C1. The highest BCUT2D eigenvalue weighted by Gasteiger charge is 2.42. The largest absolute Gasteiger partial charge is 0.375 e. The molecular weight excluding hydrogens is 398 g/mol. The average molecular weight is 430 g/mol. The lowest BCUT2D eigenvalue weighted by molar-refractivity contribution is -0.149. The molecule has 1 aromatic heterocycles. The standard InChI is InChI=1S/C22H31N5O4/c1-3-27(15(2)28)17-6-11-31-22(13-17)7-9-26(10-8-22)14-20(29)23-16-4-5-18-19(12-16)25-21(30)24-18/h4-5,12,17H,3,6-11,13-14H2,1-2H3,(H,23,29)(H2,24,25,30). The number of ether oxygens (including phenoxy) is 1. The molecule has 2 aliphatic rings. The van der Waals surface area contributed by atoms with Crippen molar-refractivity contribution in [2.24, 2.45) is 0 Å². The third-order valence-electron chi connectivity index (χ3n) is 6.59. The zero-order valence-electron chi connectivity index (χ0n) is 18.2. The van der Waals surface area contributed by atoms with Crippen LogP contribution in [0, 0.1) is 0 Å². The van der Waals surface area contributed by atoms with Crippen LogP contribution in [0.15, 0.2) is 23.0 Å². The minimum absolute atomic E-state index is 0.0793. The fourth-order valence-electron chi connectivity index (χ4n) is 4.99. The Morgan fingerprint density at radius 3 is 2.71 bits per heavy atom. The van der Waals surface area contributed by atoms with Gasteiger partial charge in [-0.25, -0.2) is 4.79 Å². The number of benzene rings is 1. The Morgan fingerprint density at radius 2 is 2.00 bits per heavy atom. The first-order valence-corrected chi connectivity index (χ1v) is 11.0. The first kappa shape index (κ1) is 21.6. The van der Waals surface area contributed by atoms with Gasteiger partial charge in [0.1, 0.15) is 0 Å². The molecule has 2 saturated heterocycles. The number of carbonyl (C=O) groups excluding carboxylic acids is 2. The molecule has 9 nitrogen and oxygen atoms in total. The van der Waals surface area contributed by atoms with Crippen molar-refractivity contribution in [2.75, 3.05) is 38.1 Å². The summed E-state index contributed by atoms with van der Waals surface area (Å²) >= 11 is 0. The van der Waals surface area contributed by atoms with Crippen LogP contribution in [-0.4, -0.2) is 76.0 Å². The minimum atomic E-state index is -0.266. The Labute approximate surface area is 181 Å². The molecule has 4 rings (SSSR count). The van der Waals surface area contributed by atoms with E-state index >= 15 is 0 Å². The summed E-state index contributed by atoms with van der Waals surface area (Å²) in [5.41, 5.74) is 1.57. The molecule has 1 atom stereocenters. The number of aromatic nitrogens is 2. The van der Waals surface area contributed by atoms with Crippen LogP contribution < -0.4 is 11.0 Å². The molecule has 2 aromatic rings. The van der Waals surface area contributed by atoms with Gasteiger partial charge in [0, 0.05) is 44.9 Å². The van der Waals surface area contributed by atoms with E-state index in [4.69, 9.17) is 4.74 Å². The number of H-pyrrole nitrogens is 2. The molecule has 3 N–H and O–H groups in total. The second-order valence-corrected chi connectivity index (χ2v) is 8.65. The van der Waals surface area contributed by atoms with Crippen LogP contribution >= 0.6 is 0 Å². The fraction of sp³-hybridized carbons (Fsp3) is 0.591. The van der Waals surface area contributed by atoms with Gasteiger partial charge in [0.25, 0.3) is 0 Å². The van der Waals surface area contributed by atoms with Gasteiger partial charge in [0.05, 0.1) is 23.2 Å². The van der Waals surface area contributed by atoms with E-state index in [0.717, 1.165) is 45.3 Å². The Hall–Kier alpha value is -2.65. The Kier molecular flexibility index (Phi) is 6.15. The van der Waals surface area contributed by atoms with Crippen molar-refractivity contribution in [2.45, 2.75) is 51.2 Å². The summed E-state index contributed by atoms with van der Waals surface area (Å²) in [7, 11) is 0. The van der Waals surface area contributed by atoms with E-state index < -0.39 is 0 Å². The molecule has 2 aliphatic heterocycles. The second kappa shape index (κ2) is 8.84. The number of hydrogen-bond donors (Lipinski definition) is 3. The van der Waals surface area contributed by atoms with E-state index in [9.17, 15) is 14.4 Å². The highest BCUT2D eigenvalue weighted by molar-refractivity contribution is 5.94. The number of likely N-dealkylation sites (tertiary alicyclic amines) is 1. The van der Waals surface area contributed by atoms with Crippen molar-refractivity contribution in [1.29, 1.82) is 0 Å². The summed E-state index contributed by atoms with van der Waals surface area (Å²) in [6.07, 6.45) is 3.49. The maximum Gasteiger partial charge on any atom is 0.323 e. The lowest BCUT2D eigenvalue weighted by Gasteiger charge is -2.48. The number of fused-ring (bicyclic) bond motifs is 1. The molecule has 1 spiro atoms. The number of carbonyl (C=O) groups is 2. The highest BCUT2D eigenvalue weighted by Crippen LogP contribution is 2.36. The molecule has 0 aliphatic carbocycles. The number of hydrogen-bond acceptors (Lipinski definition) is 5. The van der Waals surface area contributed by atoms with Crippen LogP contribution in [0.1, 0.15) is 39.5 Å². The van der Waals surface area contributed by atoms with Crippen molar-refractivity contribution in [3.63, 3.8) is 0 Å². The molecule has 1 aromatic carbocycles. The smallest absolute Gasteiger partial charge is 0.323 e. The molecular formula is C22H31N5O4. The van der Waals surface area contributed by atoms with Crippen LogP contribution in [0.4, 0.5) is 5.69 Å². The molecule has 31 heavy (non-hydrogen) atoms. The molecule has 0 bridgehead atoms. The van der Waals surface area contributed by atoms with E-state index in [1.165, 1.54) is 0 Å². The number of anilines is 1. The van der Waals surface area contributed by atoms with Crippen LogP contribution in [0.2, 0.25) is 0 Å². The zero-order valence-corrected chi connectivity index (χ0v) is 18.2. The number of piperidine rings is 1. The molecule has 1 unspecified atom stereocenters. The van der Waals surface area contributed by atoms with E-state index in [1.807, 2.05) is 11.8 Å². The third kappa shape index (κ3) is 4.83. The normalized spacial score (nSPS) is 21.3. The molecule has 3 heterocycles. The van der Waals surface area contributed by atoms with Gasteiger partial charge < -0.3 is 24.9 Å². The van der Waals surface area contributed by atoms with Crippen molar-refractivity contribution in [1.82, 2.24) is 19.8 Å². The second-order valence-electron chi connectivity index (χ2n) is 8.65. The number of aromatic amines is 2. The lowest BCUT2D eigenvalue weighted by Crippen LogP contribution is -2.55. The Balaban J connectivity index is 1.30. The number of amides is 2. The highest BCUT2D eigenvalue weighted by atomic mass is 16.5. The van der Waals surface area contributed by atoms with Gasteiger partial charge in [-0.1, -0.05) is 0 Å². The van der Waals surface area contributed by atoms with Gasteiger partial charge in [-0.2, -0.15) is 0 Å². The first-order chi connectivity index (χ1) is 14.9. The summed E-state index contributed by atoms with van der Waals surface area (Å²) in [6, 6.07) is 5.53. The number of nitrogens with one attached hydrogen (secondary N) is 3. The van der Waals surface area contributed by atoms with Crippen LogP contribution in [-0.2, 0) is 14.3 Å². The van der Waals surface area contributed by atoms with E-state index in [2.05, 4.69) is 20.2 Å². The van der Waals surface area contributed by atoms with E-state index in [1.54, 1.807) is 25.1 Å². The number of nitrogens with zero attached hydrogens (tertiary/aromatic N) is 2. The van der Waals surface area contributed by atoms with Crippen LogP contribution in [0.3, 0.4) is 0 Å². The van der Waals surface area contributed by atoms with E-state index in [0.29, 0.717) is 29.9 Å². The van der Waals surface area contributed by atoms with Crippen molar-refractivity contribution >= 4 is 28.5 Å². The quantitative estimate of drug-likeness (QED) is 0.670. The summed E-state index contributed by atoms with van der Waals surface area (Å²) < 4.78 is 6.21. The summed E-state index contributed by atoms with van der Waals surface area (Å²) in [5.74, 6) is 0.0462. The summed E-state index contributed by atoms with van der Waals surface area (Å²) in [4.78, 5) is 45.4. The van der Waals surface area contributed by atoms with Crippen molar-refractivity contribution in [3.8, 4) is 0 Å². The molecule has 2 amide bonds.